The van der Waals surface area contributed by atoms with Crippen LogP contribution in [-0.2, 0) is 31.6 Å². The number of carbonyl (C=O) groups is 2. The van der Waals surface area contributed by atoms with Crippen LogP contribution in [0.5, 0.6) is 5.75 Å². The van der Waals surface area contributed by atoms with Crippen molar-refractivity contribution in [2.24, 2.45) is 0 Å². The van der Waals surface area contributed by atoms with Crippen LogP contribution in [0.4, 0.5) is 0 Å². The quantitative estimate of drug-likeness (QED) is 0.687. The van der Waals surface area contributed by atoms with Gasteiger partial charge in [-0.05, 0) is 22.0 Å². The van der Waals surface area contributed by atoms with Crippen molar-refractivity contribution in [3.8, 4) is 5.75 Å². The van der Waals surface area contributed by atoms with Crippen molar-refractivity contribution >= 4 is 11.8 Å². The SMILES string of the molecule is COC(=O)C(=O)Cc1cc(C(C)(C)C)cc(C(C)(C)C)c1O. The van der Waals surface area contributed by atoms with Crippen LogP contribution >= 0.6 is 0 Å². The number of aromatic hydroxyl groups is 1. The number of Topliss-reactive ketones (excluding diaryl/α,β-unsaturated/α-hetero) is 1. The lowest BCUT2D eigenvalue weighted by atomic mass is 9.78. The molecular weight excluding hydrogens is 280 g/mol. The van der Waals surface area contributed by atoms with Gasteiger partial charge in [0.15, 0.2) is 0 Å². The lowest BCUT2D eigenvalue weighted by molar-refractivity contribution is -0.151. The third-order valence-corrected chi connectivity index (χ3v) is 3.63. The summed E-state index contributed by atoms with van der Waals surface area (Å²) in [5, 5.41) is 10.5. The van der Waals surface area contributed by atoms with E-state index in [1.807, 2.05) is 26.8 Å². The Balaban J connectivity index is 3.44. The molecule has 1 N–H and O–H groups in total. The van der Waals surface area contributed by atoms with Gasteiger partial charge in [0.25, 0.3) is 0 Å². The summed E-state index contributed by atoms with van der Waals surface area (Å²) in [6.45, 7) is 12.2. The van der Waals surface area contributed by atoms with E-state index >= 15 is 0 Å². The van der Waals surface area contributed by atoms with Crippen molar-refractivity contribution in [3.63, 3.8) is 0 Å². The second kappa shape index (κ2) is 6.11. The van der Waals surface area contributed by atoms with Crippen LogP contribution in [-0.4, -0.2) is 24.0 Å². The number of carbonyl (C=O) groups excluding carboxylic acids is 2. The molecule has 0 aromatic heterocycles. The van der Waals surface area contributed by atoms with Gasteiger partial charge in [0, 0.05) is 12.0 Å². The second-order valence-electron chi connectivity index (χ2n) is 7.62. The summed E-state index contributed by atoms with van der Waals surface area (Å²) in [6.07, 6.45) is -0.161. The number of rotatable bonds is 3. The van der Waals surface area contributed by atoms with E-state index < -0.39 is 11.8 Å². The number of ketones is 1. The Bertz CT molecular complexity index is 586. The number of hydrogen-bond donors (Lipinski definition) is 1. The Morgan fingerprint density at radius 1 is 1.05 bits per heavy atom. The second-order valence-corrected chi connectivity index (χ2v) is 7.62. The van der Waals surface area contributed by atoms with Gasteiger partial charge in [-0.25, -0.2) is 4.79 Å². The molecule has 0 aliphatic heterocycles. The maximum Gasteiger partial charge on any atom is 0.374 e. The van der Waals surface area contributed by atoms with Crippen molar-refractivity contribution in [1.29, 1.82) is 0 Å². The van der Waals surface area contributed by atoms with Crippen LogP contribution in [0.2, 0.25) is 0 Å². The molecule has 0 saturated heterocycles. The van der Waals surface area contributed by atoms with Crippen LogP contribution in [0.25, 0.3) is 0 Å². The Labute approximate surface area is 132 Å². The molecule has 1 aromatic rings. The highest BCUT2D eigenvalue weighted by molar-refractivity contribution is 6.34. The highest BCUT2D eigenvalue weighted by Crippen LogP contribution is 2.37. The number of hydrogen-bond acceptors (Lipinski definition) is 4. The lowest BCUT2D eigenvalue weighted by Crippen LogP contribution is -2.21. The fourth-order valence-electron chi connectivity index (χ4n) is 2.19. The van der Waals surface area contributed by atoms with E-state index in [1.165, 1.54) is 7.11 Å². The molecular formula is C18H26O4. The van der Waals surface area contributed by atoms with Crippen molar-refractivity contribution < 1.29 is 19.4 Å². The minimum absolute atomic E-state index is 0.0813. The molecule has 1 rings (SSSR count). The zero-order valence-corrected chi connectivity index (χ0v) is 14.5. The molecule has 0 aliphatic carbocycles. The first kappa shape index (κ1) is 18.2. The van der Waals surface area contributed by atoms with Gasteiger partial charge in [-0.1, -0.05) is 53.7 Å². The minimum atomic E-state index is -0.891. The third kappa shape index (κ3) is 4.09. The van der Waals surface area contributed by atoms with Crippen LogP contribution in [0, 0.1) is 0 Å². The molecule has 0 aliphatic rings. The number of ether oxygens (including phenoxy) is 1. The number of esters is 1. The third-order valence-electron chi connectivity index (χ3n) is 3.63. The summed E-state index contributed by atoms with van der Waals surface area (Å²) in [6, 6.07) is 3.77. The fraction of sp³-hybridized carbons (Fsp3) is 0.556. The van der Waals surface area contributed by atoms with Crippen molar-refractivity contribution in [2.45, 2.75) is 58.8 Å². The van der Waals surface area contributed by atoms with Gasteiger partial charge in [0.1, 0.15) is 5.75 Å². The van der Waals surface area contributed by atoms with Gasteiger partial charge in [-0.2, -0.15) is 0 Å². The van der Waals surface area contributed by atoms with Crippen LogP contribution in [0.3, 0.4) is 0 Å². The maximum atomic E-state index is 11.8. The number of phenolic OH excluding ortho intramolecular Hbond substituents is 1. The molecule has 0 radical (unpaired) electrons. The Hall–Kier alpha value is -1.84. The molecule has 0 spiro atoms. The van der Waals surface area contributed by atoms with E-state index in [-0.39, 0.29) is 23.0 Å². The Kier molecular flexibility index (Phi) is 5.06. The van der Waals surface area contributed by atoms with E-state index in [9.17, 15) is 14.7 Å². The summed E-state index contributed by atoms with van der Waals surface area (Å²) in [7, 11) is 1.17. The largest absolute Gasteiger partial charge is 0.507 e. The molecule has 0 unspecified atom stereocenters. The monoisotopic (exact) mass is 306 g/mol. The minimum Gasteiger partial charge on any atom is -0.507 e. The van der Waals surface area contributed by atoms with Crippen LogP contribution in [0.1, 0.15) is 58.2 Å². The van der Waals surface area contributed by atoms with Crippen molar-refractivity contribution in [2.75, 3.05) is 7.11 Å². The molecule has 0 amide bonds. The van der Waals surface area contributed by atoms with E-state index in [2.05, 4.69) is 25.5 Å². The van der Waals surface area contributed by atoms with Crippen molar-refractivity contribution in [1.82, 2.24) is 0 Å². The first-order valence-corrected chi connectivity index (χ1v) is 7.36. The zero-order valence-electron chi connectivity index (χ0n) is 14.5. The topological polar surface area (TPSA) is 63.6 Å². The van der Waals surface area contributed by atoms with Gasteiger partial charge in [-0.3, -0.25) is 4.79 Å². The van der Waals surface area contributed by atoms with Crippen LogP contribution in [0.15, 0.2) is 12.1 Å². The predicted molar refractivity (Wildman–Crippen MR) is 86.2 cm³/mol. The average Bonchev–Trinajstić information content (AvgIpc) is 2.37. The van der Waals surface area contributed by atoms with Gasteiger partial charge < -0.3 is 9.84 Å². The van der Waals surface area contributed by atoms with Gasteiger partial charge >= 0.3 is 5.97 Å². The molecule has 0 fully saturated rings. The van der Waals surface area contributed by atoms with Gasteiger partial charge in [-0.15, -0.1) is 0 Å². The van der Waals surface area contributed by atoms with Gasteiger partial charge in [0.2, 0.25) is 5.78 Å². The van der Waals surface area contributed by atoms with E-state index in [4.69, 9.17) is 0 Å². The molecule has 0 atom stereocenters. The Morgan fingerprint density at radius 2 is 1.59 bits per heavy atom. The summed E-state index contributed by atoms with van der Waals surface area (Å²) >= 11 is 0. The number of methoxy groups -OCH3 is 1. The van der Waals surface area contributed by atoms with Crippen molar-refractivity contribution in [3.05, 3.63) is 28.8 Å². The molecule has 1 aromatic carbocycles. The molecule has 0 bridgehead atoms. The maximum absolute atomic E-state index is 11.8. The fourth-order valence-corrected chi connectivity index (χ4v) is 2.19. The standard InChI is InChI=1S/C18H26O4/c1-17(2,3)12-8-11(9-14(19)16(21)22-7)15(20)13(10-12)18(4,5)6/h8,10,20H,9H2,1-7H3. The molecule has 0 heterocycles. The lowest BCUT2D eigenvalue weighted by Gasteiger charge is -2.27. The summed E-state index contributed by atoms with van der Waals surface area (Å²) in [4.78, 5) is 23.2. The number of benzene rings is 1. The zero-order chi connectivity index (χ0) is 17.3. The molecule has 122 valence electrons. The molecule has 4 nitrogen and oxygen atoms in total. The first-order chi connectivity index (χ1) is 9.87. The smallest absolute Gasteiger partial charge is 0.374 e. The van der Waals surface area contributed by atoms with E-state index in [1.54, 1.807) is 6.07 Å². The normalized spacial score (nSPS) is 12.1. The highest BCUT2D eigenvalue weighted by atomic mass is 16.5. The van der Waals surface area contributed by atoms with Gasteiger partial charge in [0.05, 0.1) is 7.11 Å². The first-order valence-electron chi connectivity index (χ1n) is 7.36. The van der Waals surface area contributed by atoms with Crippen LogP contribution < -0.4 is 0 Å². The van der Waals surface area contributed by atoms with E-state index in [0.29, 0.717) is 5.56 Å². The summed E-state index contributed by atoms with van der Waals surface area (Å²) < 4.78 is 4.45. The highest BCUT2D eigenvalue weighted by Gasteiger charge is 2.26. The average molecular weight is 306 g/mol. The predicted octanol–water partition coefficient (Wildman–Crippen LogP) is 3.27. The Morgan fingerprint density at radius 3 is 2.00 bits per heavy atom. The molecule has 0 saturated carbocycles. The summed E-state index contributed by atoms with van der Waals surface area (Å²) in [5.41, 5.74) is 1.86. The summed E-state index contributed by atoms with van der Waals surface area (Å²) in [5.74, 6) is -1.47. The molecule has 22 heavy (non-hydrogen) atoms. The molecule has 4 heteroatoms. The number of phenols is 1. The van der Waals surface area contributed by atoms with E-state index in [0.717, 1.165) is 11.1 Å².